The Morgan fingerprint density at radius 1 is 1.86 bits per heavy atom. The van der Waals surface area contributed by atoms with Crippen LogP contribution in [0.3, 0.4) is 0 Å². The van der Waals surface area contributed by atoms with Crippen LogP contribution in [-0.4, -0.2) is 20.0 Å². The van der Waals surface area contributed by atoms with Crippen molar-refractivity contribution in [3.63, 3.8) is 0 Å². The van der Waals surface area contributed by atoms with Gasteiger partial charge in [0.2, 0.25) is 0 Å². The topological polar surface area (TPSA) is 26.3 Å². The standard InChI is InChI=1S/C5H8O2/c1-7-5-3-2-4-6/h3H,2,5H2,1H3. The van der Waals surface area contributed by atoms with Crippen LogP contribution in [0.15, 0.2) is 0 Å². The second-order valence-electron chi connectivity index (χ2n) is 1.09. The smallest absolute Gasteiger partial charge is 0.198 e. The van der Waals surface area contributed by atoms with Crippen molar-refractivity contribution >= 4 is 6.29 Å². The van der Waals surface area contributed by atoms with Crippen molar-refractivity contribution in [2.45, 2.75) is 6.42 Å². The van der Waals surface area contributed by atoms with Crippen LogP contribution in [0.2, 0.25) is 0 Å². The quantitative estimate of drug-likeness (QED) is 0.476. The summed E-state index contributed by atoms with van der Waals surface area (Å²) in [6, 6.07) is 0. The van der Waals surface area contributed by atoms with E-state index in [4.69, 9.17) is 0 Å². The maximum atomic E-state index is 9.47. The molecule has 0 N–H and O–H groups in total. The number of carbonyl (C=O) groups excluding carboxylic acids is 1. The molecular weight excluding hydrogens is 92.1 g/mol. The Morgan fingerprint density at radius 2 is 2.57 bits per heavy atom. The van der Waals surface area contributed by atoms with E-state index in [1.807, 2.05) is 0 Å². The van der Waals surface area contributed by atoms with Gasteiger partial charge >= 0.3 is 0 Å². The van der Waals surface area contributed by atoms with Crippen LogP contribution < -0.4 is 0 Å². The van der Waals surface area contributed by atoms with E-state index in [0.29, 0.717) is 13.0 Å². The zero-order valence-corrected chi connectivity index (χ0v) is 4.31. The molecule has 0 heterocycles. The Balaban J connectivity index is 2.56. The summed E-state index contributed by atoms with van der Waals surface area (Å²) in [5.41, 5.74) is 0. The molecule has 2 radical (unpaired) electrons. The monoisotopic (exact) mass is 100 g/mol. The molecule has 0 bridgehead atoms. The number of methoxy groups -OCH3 is 1. The lowest BCUT2D eigenvalue weighted by Gasteiger charge is -1.88. The van der Waals surface area contributed by atoms with Gasteiger partial charge in [0.15, 0.2) is 6.29 Å². The summed E-state index contributed by atoms with van der Waals surface area (Å²) in [6.45, 7) is 0.537. The molecule has 2 heteroatoms. The molecule has 7 heavy (non-hydrogen) atoms. The highest BCUT2D eigenvalue weighted by Gasteiger charge is 1.81. The second kappa shape index (κ2) is 5.63. The minimum Gasteiger partial charge on any atom is -0.384 e. The molecule has 0 aromatic heterocycles. The first-order valence-electron chi connectivity index (χ1n) is 2.07. The van der Waals surface area contributed by atoms with Gasteiger partial charge in [-0.2, -0.15) is 0 Å². The average molecular weight is 100 g/mol. The Bertz CT molecular complexity index is 43.3. The molecule has 0 rings (SSSR count). The molecule has 0 unspecified atom stereocenters. The SMILES string of the molecule is COC[CH]C[C]=O. The van der Waals surface area contributed by atoms with Crippen molar-refractivity contribution in [2.75, 3.05) is 13.7 Å². The van der Waals surface area contributed by atoms with Gasteiger partial charge in [-0.15, -0.1) is 0 Å². The van der Waals surface area contributed by atoms with E-state index in [2.05, 4.69) is 4.74 Å². The fourth-order valence-corrected chi connectivity index (χ4v) is 0.236. The van der Waals surface area contributed by atoms with E-state index in [9.17, 15) is 4.79 Å². The fourth-order valence-electron chi connectivity index (χ4n) is 0.236. The van der Waals surface area contributed by atoms with Crippen LogP contribution in [0.5, 0.6) is 0 Å². The van der Waals surface area contributed by atoms with E-state index < -0.39 is 0 Å². The third-order valence-electron chi connectivity index (χ3n) is 0.512. The predicted octanol–water partition coefficient (Wildman–Crippen LogP) is 0.337. The van der Waals surface area contributed by atoms with Crippen molar-refractivity contribution in [1.29, 1.82) is 0 Å². The minimum absolute atomic E-state index is 0.369. The molecule has 0 aromatic rings. The van der Waals surface area contributed by atoms with Crippen molar-refractivity contribution in [3.05, 3.63) is 6.42 Å². The first-order chi connectivity index (χ1) is 3.41. The van der Waals surface area contributed by atoms with Gasteiger partial charge in [0.05, 0.1) is 0 Å². The van der Waals surface area contributed by atoms with Crippen LogP contribution in [-0.2, 0) is 9.53 Å². The van der Waals surface area contributed by atoms with Crippen LogP contribution in [0.1, 0.15) is 6.42 Å². The Labute approximate surface area is 43.5 Å². The molecule has 0 amide bonds. The summed E-state index contributed by atoms with van der Waals surface area (Å²) < 4.78 is 4.61. The molecule has 0 aliphatic carbocycles. The summed E-state index contributed by atoms with van der Waals surface area (Å²) in [5, 5.41) is 0. The number of unbranched alkanes of at least 4 members (excludes halogenated alkanes) is 1. The van der Waals surface area contributed by atoms with Gasteiger partial charge in [-0.1, -0.05) is 0 Å². The zero-order chi connectivity index (χ0) is 5.54. The number of hydrogen-bond donors (Lipinski definition) is 0. The lowest BCUT2D eigenvalue weighted by Crippen LogP contribution is -1.88. The van der Waals surface area contributed by atoms with Crippen molar-refractivity contribution in [3.8, 4) is 0 Å². The van der Waals surface area contributed by atoms with Crippen LogP contribution in [0, 0.1) is 6.42 Å². The highest BCUT2D eigenvalue weighted by molar-refractivity contribution is 5.52. The second-order valence-corrected chi connectivity index (χ2v) is 1.09. The summed E-state index contributed by atoms with van der Waals surface area (Å²) in [5.74, 6) is 0. The number of rotatable bonds is 4. The van der Waals surface area contributed by atoms with Crippen molar-refractivity contribution < 1.29 is 9.53 Å². The van der Waals surface area contributed by atoms with Gasteiger partial charge in [-0.25, -0.2) is 0 Å². The Morgan fingerprint density at radius 3 is 3.00 bits per heavy atom. The van der Waals surface area contributed by atoms with E-state index in [0.717, 1.165) is 0 Å². The third kappa shape index (κ3) is 5.63. The molecule has 40 valence electrons. The van der Waals surface area contributed by atoms with E-state index in [-0.39, 0.29) is 0 Å². The maximum absolute atomic E-state index is 9.47. The van der Waals surface area contributed by atoms with Gasteiger partial charge in [0, 0.05) is 20.1 Å². The molecule has 0 atom stereocenters. The largest absolute Gasteiger partial charge is 0.384 e. The number of hydrogen-bond acceptors (Lipinski definition) is 2. The summed E-state index contributed by atoms with van der Waals surface area (Å²) in [4.78, 5) is 9.47. The molecule has 0 saturated carbocycles. The van der Waals surface area contributed by atoms with Crippen LogP contribution in [0.25, 0.3) is 0 Å². The summed E-state index contributed by atoms with van der Waals surface area (Å²) in [6.07, 6.45) is 3.80. The molecule has 0 fully saturated rings. The zero-order valence-electron chi connectivity index (χ0n) is 4.31. The Hall–Kier alpha value is -0.370. The van der Waals surface area contributed by atoms with E-state index in [1.165, 1.54) is 0 Å². The normalized spacial score (nSPS) is 8.71. The van der Waals surface area contributed by atoms with Gasteiger partial charge < -0.3 is 4.74 Å². The number of ether oxygens (including phenoxy) is 1. The Kier molecular flexibility index (Phi) is 5.33. The third-order valence-corrected chi connectivity index (χ3v) is 0.512. The molecule has 0 aliphatic heterocycles. The summed E-state index contributed by atoms with van der Waals surface area (Å²) in [7, 11) is 1.58. The molecule has 2 nitrogen and oxygen atoms in total. The first-order valence-corrected chi connectivity index (χ1v) is 2.07. The lowest BCUT2D eigenvalue weighted by atomic mass is 10.4. The maximum Gasteiger partial charge on any atom is 0.198 e. The minimum atomic E-state index is 0.369. The van der Waals surface area contributed by atoms with Gasteiger partial charge in [0.25, 0.3) is 0 Å². The van der Waals surface area contributed by atoms with Gasteiger partial charge in [0.1, 0.15) is 0 Å². The lowest BCUT2D eigenvalue weighted by molar-refractivity contribution is 0.222. The van der Waals surface area contributed by atoms with Crippen LogP contribution in [0.4, 0.5) is 0 Å². The molecular formula is C5H8O2. The van der Waals surface area contributed by atoms with Gasteiger partial charge in [-0.05, 0) is 6.42 Å². The highest BCUT2D eigenvalue weighted by Crippen LogP contribution is 1.79. The fraction of sp³-hybridized carbons (Fsp3) is 0.600. The molecule has 0 aliphatic rings. The average Bonchev–Trinajstić information content (AvgIpc) is 1.69. The first kappa shape index (κ1) is 6.63. The molecule has 0 spiro atoms. The molecule has 0 aromatic carbocycles. The predicted molar refractivity (Wildman–Crippen MR) is 26.5 cm³/mol. The van der Waals surface area contributed by atoms with Crippen molar-refractivity contribution in [2.24, 2.45) is 0 Å². The van der Waals surface area contributed by atoms with E-state index in [1.54, 1.807) is 19.8 Å². The van der Waals surface area contributed by atoms with Crippen molar-refractivity contribution in [1.82, 2.24) is 0 Å². The van der Waals surface area contributed by atoms with Crippen LogP contribution >= 0.6 is 0 Å². The van der Waals surface area contributed by atoms with Gasteiger partial charge in [-0.3, -0.25) is 4.79 Å². The summed E-state index contributed by atoms with van der Waals surface area (Å²) >= 11 is 0. The molecule has 0 saturated heterocycles. The van der Waals surface area contributed by atoms with E-state index >= 15 is 0 Å². The highest BCUT2D eigenvalue weighted by atomic mass is 16.5.